The summed E-state index contributed by atoms with van der Waals surface area (Å²) in [4.78, 5) is 54.7. The van der Waals surface area contributed by atoms with Gasteiger partial charge in [-0.1, -0.05) is 72.8 Å². The average molecular weight is 672 g/mol. The number of hydrogen-bond donors (Lipinski definition) is 2. The Morgan fingerprint density at radius 2 is 1.44 bits per heavy atom. The smallest absolute Gasteiger partial charge is 0.272 e. The molecule has 0 radical (unpaired) electrons. The SMILES string of the molecule is O=C(CC1c2ccccc2-c2ccccc21)NCCCCC(=O)N1CCN(C(=O)c2cc(Cc3n[nH]c(=O)c4ccccc34)ccc2F)CC1. The van der Waals surface area contributed by atoms with Gasteiger partial charge in [0.1, 0.15) is 5.82 Å². The normalized spacial score (nSPS) is 14.0. The van der Waals surface area contributed by atoms with Crippen LogP contribution in [0, 0.1) is 5.82 Å². The van der Waals surface area contributed by atoms with Crippen LogP contribution in [0.15, 0.2) is 95.8 Å². The van der Waals surface area contributed by atoms with Gasteiger partial charge in [-0.2, -0.15) is 5.10 Å². The second-order valence-corrected chi connectivity index (χ2v) is 12.9. The molecule has 10 heteroatoms. The molecule has 2 aliphatic rings. The van der Waals surface area contributed by atoms with Crippen molar-refractivity contribution >= 4 is 28.5 Å². The standard InChI is InChI=1S/C40H38FN5O4/c41-35-17-16-26(24-36-31-13-5-6-14-32(31)39(49)44-43-36)23-34(35)40(50)46-21-19-45(20-22-46)38(48)15-7-8-18-42-37(47)25-33-29-11-3-1-9-27(29)28-10-2-4-12-30(28)33/h1-6,9-14,16-17,23,33H,7-8,15,18-22,24-25H2,(H,42,47)(H,44,49). The summed E-state index contributed by atoms with van der Waals surface area (Å²) >= 11 is 0. The Bertz CT molecular complexity index is 2090. The number of amides is 3. The molecule has 4 aromatic carbocycles. The van der Waals surface area contributed by atoms with Crippen molar-refractivity contribution in [2.24, 2.45) is 0 Å². The second-order valence-electron chi connectivity index (χ2n) is 12.9. The molecule has 1 aliphatic carbocycles. The summed E-state index contributed by atoms with van der Waals surface area (Å²) in [5, 5.41) is 11.0. The number of fused-ring (bicyclic) bond motifs is 4. The first-order chi connectivity index (χ1) is 24.4. The molecule has 50 heavy (non-hydrogen) atoms. The summed E-state index contributed by atoms with van der Waals surface area (Å²) in [5.41, 5.74) is 5.76. The third-order valence-electron chi connectivity index (χ3n) is 9.82. The van der Waals surface area contributed by atoms with E-state index in [0.29, 0.717) is 86.9 Å². The summed E-state index contributed by atoms with van der Waals surface area (Å²) in [6, 6.07) is 28.1. The minimum Gasteiger partial charge on any atom is -0.356 e. The molecule has 1 aromatic heterocycles. The van der Waals surface area contributed by atoms with Gasteiger partial charge in [-0.3, -0.25) is 19.2 Å². The molecule has 5 aromatic rings. The highest BCUT2D eigenvalue weighted by molar-refractivity contribution is 5.95. The third kappa shape index (κ3) is 6.78. The zero-order chi connectivity index (χ0) is 34.6. The van der Waals surface area contributed by atoms with Crippen LogP contribution in [-0.2, 0) is 16.0 Å². The summed E-state index contributed by atoms with van der Waals surface area (Å²) in [6.45, 7) is 1.87. The van der Waals surface area contributed by atoms with Crippen molar-refractivity contribution in [3.05, 3.63) is 135 Å². The lowest BCUT2D eigenvalue weighted by molar-refractivity contribution is -0.132. The summed E-state index contributed by atoms with van der Waals surface area (Å²) in [5.74, 6) is -0.985. The van der Waals surface area contributed by atoms with Gasteiger partial charge in [0.25, 0.3) is 11.5 Å². The average Bonchev–Trinajstić information content (AvgIpc) is 3.46. The van der Waals surface area contributed by atoms with Crippen molar-refractivity contribution in [3.8, 4) is 11.1 Å². The monoisotopic (exact) mass is 671 g/mol. The van der Waals surface area contributed by atoms with E-state index in [1.165, 1.54) is 28.3 Å². The van der Waals surface area contributed by atoms with Crippen LogP contribution in [0.2, 0.25) is 0 Å². The van der Waals surface area contributed by atoms with E-state index < -0.39 is 11.7 Å². The Hall–Kier alpha value is -5.64. The molecule has 0 saturated carbocycles. The first-order valence-corrected chi connectivity index (χ1v) is 17.1. The number of aromatic nitrogens is 2. The molecule has 9 nitrogen and oxygen atoms in total. The minimum atomic E-state index is -0.610. The van der Waals surface area contributed by atoms with Crippen LogP contribution in [0.5, 0.6) is 0 Å². The first-order valence-electron chi connectivity index (χ1n) is 17.1. The van der Waals surface area contributed by atoms with Crippen LogP contribution in [0.4, 0.5) is 4.39 Å². The molecular formula is C40H38FN5O4. The number of H-pyrrole nitrogens is 1. The molecule has 1 aliphatic heterocycles. The van der Waals surface area contributed by atoms with E-state index in [0.717, 1.165) is 0 Å². The second kappa shape index (κ2) is 14.5. The topological polar surface area (TPSA) is 115 Å². The molecule has 254 valence electrons. The van der Waals surface area contributed by atoms with Crippen LogP contribution in [0.1, 0.15) is 64.3 Å². The predicted molar refractivity (Wildman–Crippen MR) is 189 cm³/mol. The number of rotatable bonds is 10. The largest absolute Gasteiger partial charge is 0.356 e. The Morgan fingerprint density at radius 3 is 2.16 bits per heavy atom. The number of halogens is 1. The zero-order valence-corrected chi connectivity index (χ0v) is 27.7. The minimum absolute atomic E-state index is 0.00262. The highest BCUT2D eigenvalue weighted by Crippen LogP contribution is 2.46. The lowest BCUT2D eigenvalue weighted by Gasteiger charge is -2.35. The maximum atomic E-state index is 14.9. The van der Waals surface area contributed by atoms with Gasteiger partial charge in [0.15, 0.2) is 0 Å². The van der Waals surface area contributed by atoms with Crippen LogP contribution < -0.4 is 10.9 Å². The van der Waals surface area contributed by atoms with Crippen molar-refractivity contribution in [3.63, 3.8) is 0 Å². The number of benzene rings is 4. The van der Waals surface area contributed by atoms with E-state index in [2.05, 4.69) is 39.8 Å². The lowest BCUT2D eigenvalue weighted by atomic mass is 9.93. The van der Waals surface area contributed by atoms with Gasteiger partial charge >= 0.3 is 0 Å². The molecule has 7 rings (SSSR count). The number of nitrogens with zero attached hydrogens (tertiary/aromatic N) is 3. The van der Waals surface area contributed by atoms with E-state index >= 15 is 0 Å². The maximum absolute atomic E-state index is 14.9. The van der Waals surface area contributed by atoms with Crippen molar-refractivity contribution in [2.75, 3.05) is 32.7 Å². The van der Waals surface area contributed by atoms with Crippen molar-refractivity contribution in [1.82, 2.24) is 25.3 Å². The Kier molecular flexibility index (Phi) is 9.51. The number of nitrogens with one attached hydrogen (secondary N) is 2. The van der Waals surface area contributed by atoms with Gasteiger partial charge in [0, 0.05) is 63.3 Å². The lowest BCUT2D eigenvalue weighted by Crippen LogP contribution is -2.50. The Labute approximate surface area is 289 Å². The van der Waals surface area contributed by atoms with Crippen molar-refractivity contribution in [2.45, 2.75) is 38.0 Å². The predicted octanol–water partition coefficient (Wildman–Crippen LogP) is 5.43. The van der Waals surface area contributed by atoms with Crippen molar-refractivity contribution in [1.29, 1.82) is 0 Å². The summed E-state index contributed by atoms with van der Waals surface area (Å²) < 4.78 is 14.9. The fraction of sp³-hybridized carbons (Fsp3) is 0.275. The molecule has 1 fully saturated rings. The molecule has 0 bridgehead atoms. The van der Waals surface area contributed by atoms with E-state index in [1.807, 2.05) is 36.4 Å². The van der Waals surface area contributed by atoms with E-state index in [4.69, 9.17) is 0 Å². The number of carbonyl (C=O) groups excluding carboxylic acids is 3. The molecule has 2 heterocycles. The van der Waals surface area contributed by atoms with Gasteiger partial charge < -0.3 is 15.1 Å². The van der Waals surface area contributed by atoms with Gasteiger partial charge in [-0.25, -0.2) is 9.49 Å². The molecule has 0 unspecified atom stereocenters. The van der Waals surface area contributed by atoms with Gasteiger partial charge in [-0.15, -0.1) is 0 Å². The number of hydrogen-bond acceptors (Lipinski definition) is 5. The van der Waals surface area contributed by atoms with Crippen LogP contribution in [0.3, 0.4) is 0 Å². The Morgan fingerprint density at radius 1 is 0.800 bits per heavy atom. The highest BCUT2D eigenvalue weighted by Gasteiger charge is 2.30. The molecule has 1 saturated heterocycles. The first kappa shape index (κ1) is 32.9. The summed E-state index contributed by atoms with van der Waals surface area (Å²) in [6.07, 6.45) is 2.39. The quantitative estimate of drug-likeness (QED) is 0.192. The molecule has 3 amide bonds. The number of unbranched alkanes of at least 4 members (excludes halogenated alkanes) is 1. The van der Waals surface area contributed by atoms with E-state index in [9.17, 15) is 23.6 Å². The van der Waals surface area contributed by atoms with Crippen LogP contribution in [-0.4, -0.2) is 70.4 Å². The van der Waals surface area contributed by atoms with Gasteiger partial charge in [0.05, 0.1) is 16.6 Å². The highest BCUT2D eigenvalue weighted by atomic mass is 19.1. The summed E-state index contributed by atoms with van der Waals surface area (Å²) in [7, 11) is 0. The fourth-order valence-electron chi connectivity index (χ4n) is 7.20. The molecule has 0 spiro atoms. The van der Waals surface area contributed by atoms with E-state index in [1.54, 1.807) is 34.1 Å². The van der Waals surface area contributed by atoms with Crippen LogP contribution >= 0.6 is 0 Å². The van der Waals surface area contributed by atoms with Crippen LogP contribution in [0.25, 0.3) is 21.9 Å². The van der Waals surface area contributed by atoms with E-state index in [-0.39, 0.29) is 28.9 Å². The molecule has 0 atom stereocenters. The maximum Gasteiger partial charge on any atom is 0.272 e. The van der Waals surface area contributed by atoms with Gasteiger partial charge in [-0.05, 0) is 58.9 Å². The number of piperazine rings is 1. The van der Waals surface area contributed by atoms with Gasteiger partial charge in [0.2, 0.25) is 11.8 Å². The zero-order valence-electron chi connectivity index (χ0n) is 27.7. The van der Waals surface area contributed by atoms with Crippen molar-refractivity contribution < 1.29 is 18.8 Å². The number of aromatic amines is 1. The number of carbonyl (C=O) groups is 3. The third-order valence-corrected chi connectivity index (χ3v) is 9.82. The Balaban J connectivity index is 0.859. The molecular weight excluding hydrogens is 633 g/mol. The molecule has 2 N–H and O–H groups in total. The fourth-order valence-corrected chi connectivity index (χ4v) is 7.20.